The average molecular weight is 296 g/mol. The zero-order valence-electron chi connectivity index (χ0n) is 12.4. The van der Waals surface area contributed by atoms with Crippen LogP contribution in [0, 0.1) is 6.92 Å². The van der Waals surface area contributed by atoms with Crippen molar-refractivity contribution in [2.45, 2.75) is 13.5 Å². The molecule has 0 saturated heterocycles. The van der Waals surface area contributed by atoms with Gasteiger partial charge in [-0.15, -0.1) is 0 Å². The highest BCUT2D eigenvalue weighted by Gasteiger charge is 2.15. The minimum Gasteiger partial charge on any atom is -0.336 e. The highest BCUT2D eigenvalue weighted by molar-refractivity contribution is 5.91. The summed E-state index contributed by atoms with van der Waals surface area (Å²) in [5.74, 6) is -0.183. The summed E-state index contributed by atoms with van der Waals surface area (Å²) in [4.78, 5) is 13.7. The Bertz CT molecular complexity index is 777. The first kappa shape index (κ1) is 14.0. The van der Waals surface area contributed by atoms with Crippen molar-refractivity contribution >= 4 is 5.91 Å². The molecule has 0 atom stereocenters. The smallest absolute Gasteiger partial charge is 0.276 e. The molecule has 2 heterocycles. The molecular formula is C15H16N6O. The van der Waals surface area contributed by atoms with Gasteiger partial charge in [0.25, 0.3) is 5.91 Å². The van der Waals surface area contributed by atoms with E-state index in [-0.39, 0.29) is 5.91 Å². The van der Waals surface area contributed by atoms with Crippen molar-refractivity contribution in [3.8, 4) is 5.69 Å². The number of para-hydroxylation sites is 1. The fourth-order valence-electron chi connectivity index (χ4n) is 2.24. The van der Waals surface area contributed by atoms with E-state index in [9.17, 15) is 4.79 Å². The van der Waals surface area contributed by atoms with Crippen molar-refractivity contribution in [1.82, 2.24) is 30.1 Å². The van der Waals surface area contributed by atoms with Gasteiger partial charge >= 0.3 is 0 Å². The Labute approximate surface area is 127 Å². The maximum atomic E-state index is 12.1. The van der Waals surface area contributed by atoms with E-state index in [1.807, 2.05) is 42.1 Å². The molecule has 1 N–H and O–H groups in total. The third kappa shape index (κ3) is 2.73. The summed E-state index contributed by atoms with van der Waals surface area (Å²) in [7, 11) is 1.72. The number of rotatable bonds is 4. The van der Waals surface area contributed by atoms with Crippen molar-refractivity contribution in [3.05, 3.63) is 59.7 Å². The number of carbonyl (C=O) groups excluding carboxylic acids is 1. The topological polar surface area (TPSA) is 79.7 Å². The lowest BCUT2D eigenvalue weighted by Crippen LogP contribution is -2.26. The van der Waals surface area contributed by atoms with E-state index in [0.29, 0.717) is 12.2 Å². The number of H-pyrrole nitrogens is 1. The van der Waals surface area contributed by atoms with Crippen molar-refractivity contribution in [2.75, 3.05) is 7.05 Å². The number of benzene rings is 1. The molecular weight excluding hydrogens is 280 g/mol. The van der Waals surface area contributed by atoms with Crippen LogP contribution in [0.5, 0.6) is 0 Å². The fraction of sp³-hybridized carbons (Fsp3) is 0.200. The van der Waals surface area contributed by atoms with Crippen LogP contribution >= 0.6 is 0 Å². The SMILES string of the molecule is Cc1ccccc1-n1cc(CN(C)C(=O)c2cn[nH]n2)cn1. The number of carbonyl (C=O) groups is 1. The molecule has 0 radical (unpaired) electrons. The second-order valence-electron chi connectivity index (χ2n) is 5.10. The third-order valence-corrected chi connectivity index (χ3v) is 3.40. The zero-order chi connectivity index (χ0) is 15.5. The van der Waals surface area contributed by atoms with Gasteiger partial charge < -0.3 is 4.90 Å². The number of nitrogens with zero attached hydrogens (tertiary/aromatic N) is 5. The highest BCUT2D eigenvalue weighted by Crippen LogP contribution is 2.14. The van der Waals surface area contributed by atoms with Crippen molar-refractivity contribution < 1.29 is 4.79 Å². The minimum absolute atomic E-state index is 0.183. The van der Waals surface area contributed by atoms with Crippen LogP contribution in [0.2, 0.25) is 0 Å². The lowest BCUT2D eigenvalue weighted by atomic mass is 10.2. The van der Waals surface area contributed by atoms with Gasteiger partial charge in [0.05, 0.1) is 18.1 Å². The van der Waals surface area contributed by atoms with Gasteiger partial charge in [0.1, 0.15) is 0 Å². The molecule has 3 rings (SSSR count). The molecule has 112 valence electrons. The van der Waals surface area contributed by atoms with E-state index in [1.165, 1.54) is 6.20 Å². The Balaban J connectivity index is 1.75. The summed E-state index contributed by atoms with van der Waals surface area (Å²) in [5, 5.41) is 14.2. The van der Waals surface area contributed by atoms with Crippen molar-refractivity contribution in [1.29, 1.82) is 0 Å². The van der Waals surface area contributed by atoms with Crippen LogP contribution in [-0.4, -0.2) is 43.0 Å². The summed E-state index contributed by atoms with van der Waals surface area (Å²) < 4.78 is 1.82. The molecule has 1 amide bonds. The van der Waals surface area contributed by atoms with E-state index >= 15 is 0 Å². The Hall–Kier alpha value is -2.96. The van der Waals surface area contributed by atoms with Crippen LogP contribution in [0.4, 0.5) is 0 Å². The quantitative estimate of drug-likeness (QED) is 0.792. The standard InChI is InChI=1S/C15H16N6O/c1-11-5-3-4-6-14(11)21-10-12(7-17-21)9-20(2)15(22)13-8-16-19-18-13/h3-8,10H,9H2,1-2H3,(H,16,18,19). The summed E-state index contributed by atoms with van der Waals surface area (Å²) >= 11 is 0. The molecule has 3 aromatic rings. The van der Waals surface area contributed by atoms with Gasteiger partial charge in [-0.05, 0) is 18.6 Å². The first-order chi connectivity index (χ1) is 10.6. The number of nitrogens with one attached hydrogen (secondary N) is 1. The Morgan fingerprint density at radius 2 is 2.14 bits per heavy atom. The van der Waals surface area contributed by atoms with Crippen LogP contribution in [0.1, 0.15) is 21.6 Å². The van der Waals surface area contributed by atoms with E-state index in [2.05, 4.69) is 20.5 Å². The number of amides is 1. The molecule has 0 spiro atoms. The molecule has 2 aromatic heterocycles. The summed E-state index contributed by atoms with van der Waals surface area (Å²) in [5.41, 5.74) is 3.42. The highest BCUT2D eigenvalue weighted by atomic mass is 16.2. The first-order valence-corrected chi connectivity index (χ1v) is 6.86. The predicted molar refractivity (Wildman–Crippen MR) is 80.5 cm³/mol. The third-order valence-electron chi connectivity index (χ3n) is 3.40. The molecule has 22 heavy (non-hydrogen) atoms. The van der Waals surface area contributed by atoms with Crippen molar-refractivity contribution in [2.24, 2.45) is 0 Å². The minimum atomic E-state index is -0.183. The Morgan fingerprint density at radius 1 is 1.32 bits per heavy atom. The largest absolute Gasteiger partial charge is 0.336 e. The van der Waals surface area contributed by atoms with E-state index in [1.54, 1.807) is 18.1 Å². The second-order valence-corrected chi connectivity index (χ2v) is 5.10. The maximum absolute atomic E-state index is 12.1. The molecule has 0 saturated carbocycles. The molecule has 7 heteroatoms. The lowest BCUT2D eigenvalue weighted by Gasteiger charge is -2.14. The van der Waals surface area contributed by atoms with Crippen LogP contribution < -0.4 is 0 Å². The van der Waals surface area contributed by atoms with E-state index < -0.39 is 0 Å². The number of hydrogen-bond acceptors (Lipinski definition) is 4. The molecule has 0 bridgehead atoms. The molecule has 7 nitrogen and oxygen atoms in total. The Morgan fingerprint density at radius 3 is 2.86 bits per heavy atom. The lowest BCUT2D eigenvalue weighted by molar-refractivity contribution is 0.0779. The molecule has 1 aromatic carbocycles. The average Bonchev–Trinajstić information content (AvgIpc) is 3.18. The number of hydrogen-bond donors (Lipinski definition) is 1. The summed E-state index contributed by atoms with van der Waals surface area (Å²) in [6.07, 6.45) is 5.10. The molecule has 0 aliphatic carbocycles. The number of aromatic nitrogens is 5. The number of aromatic amines is 1. The maximum Gasteiger partial charge on any atom is 0.276 e. The van der Waals surface area contributed by atoms with Gasteiger partial charge in [0, 0.05) is 25.4 Å². The zero-order valence-corrected chi connectivity index (χ0v) is 12.4. The van der Waals surface area contributed by atoms with Gasteiger partial charge in [-0.1, -0.05) is 18.2 Å². The van der Waals surface area contributed by atoms with Crippen LogP contribution in [-0.2, 0) is 6.54 Å². The molecule has 0 fully saturated rings. The summed E-state index contributed by atoms with van der Waals surface area (Å²) in [6.45, 7) is 2.49. The monoisotopic (exact) mass is 296 g/mol. The van der Waals surface area contributed by atoms with E-state index in [4.69, 9.17) is 0 Å². The van der Waals surface area contributed by atoms with Gasteiger partial charge in [0.15, 0.2) is 5.69 Å². The fourth-order valence-corrected chi connectivity index (χ4v) is 2.24. The molecule has 0 unspecified atom stereocenters. The number of aryl methyl sites for hydroxylation is 1. The van der Waals surface area contributed by atoms with Gasteiger partial charge in [-0.25, -0.2) is 4.68 Å². The van der Waals surface area contributed by atoms with Gasteiger partial charge in [-0.2, -0.15) is 20.5 Å². The Kier molecular flexibility index (Phi) is 3.69. The van der Waals surface area contributed by atoms with E-state index in [0.717, 1.165) is 16.8 Å². The molecule has 0 aliphatic rings. The van der Waals surface area contributed by atoms with Crippen molar-refractivity contribution in [3.63, 3.8) is 0 Å². The van der Waals surface area contributed by atoms with Gasteiger partial charge in [0.2, 0.25) is 0 Å². The van der Waals surface area contributed by atoms with Crippen LogP contribution in [0.15, 0.2) is 42.9 Å². The van der Waals surface area contributed by atoms with Crippen LogP contribution in [0.25, 0.3) is 5.69 Å². The van der Waals surface area contributed by atoms with Gasteiger partial charge in [-0.3, -0.25) is 4.79 Å². The normalized spacial score (nSPS) is 10.6. The molecule has 0 aliphatic heterocycles. The first-order valence-electron chi connectivity index (χ1n) is 6.86. The predicted octanol–water partition coefficient (Wildman–Crippen LogP) is 1.57. The van der Waals surface area contributed by atoms with Crippen LogP contribution in [0.3, 0.4) is 0 Å². The summed E-state index contributed by atoms with van der Waals surface area (Å²) in [6, 6.07) is 8.02. The second kappa shape index (κ2) is 5.80.